The summed E-state index contributed by atoms with van der Waals surface area (Å²) in [7, 11) is -2.82. The van der Waals surface area contributed by atoms with Crippen molar-refractivity contribution in [3.8, 4) is 0 Å². The van der Waals surface area contributed by atoms with Crippen LogP contribution in [0.5, 0.6) is 0 Å². The maximum absolute atomic E-state index is 13.1. The fourth-order valence-corrected chi connectivity index (χ4v) is 4.91. The van der Waals surface area contributed by atoms with E-state index >= 15 is 0 Å². The van der Waals surface area contributed by atoms with Gasteiger partial charge in [0.1, 0.15) is 11.6 Å². The van der Waals surface area contributed by atoms with Crippen LogP contribution < -0.4 is 9.34 Å². The zero-order valence-corrected chi connectivity index (χ0v) is 12.4. The third kappa shape index (κ3) is 2.54. The lowest BCUT2D eigenvalue weighted by Gasteiger charge is -2.29. The highest BCUT2D eigenvalue weighted by Gasteiger charge is 2.38. The normalized spacial score (nSPS) is 17.3. The molecule has 3 rings (SSSR count). The molecular weight excluding hydrogens is 293 g/mol. The second-order valence-electron chi connectivity index (χ2n) is 5.03. The molecule has 0 bridgehead atoms. The molecule has 1 aliphatic rings. The van der Waals surface area contributed by atoms with Crippen molar-refractivity contribution in [1.82, 2.24) is 0 Å². The van der Waals surface area contributed by atoms with E-state index in [0.29, 0.717) is 13.1 Å². The van der Waals surface area contributed by atoms with E-state index < -0.39 is 7.44 Å². The van der Waals surface area contributed by atoms with Crippen LogP contribution in [0.15, 0.2) is 48.5 Å². The summed E-state index contributed by atoms with van der Waals surface area (Å²) in [6.07, 6.45) is 0. The van der Waals surface area contributed by atoms with E-state index in [9.17, 15) is 13.3 Å². The average Bonchev–Trinajstić information content (AvgIpc) is 2.76. The van der Waals surface area contributed by atoms with Crippen molar-refractivity contribution < 1.29 is 13.3 Å². The second-order valence-corrected chi connectivity index (χ2v) is 7.67. The van der Waals surface area contributed by atoms with Crippen molar-refractivity contribution in [2.24, 2.45) is 0 Å². The number of hydrogen-bond donors (Lipinski definition) is 0. The first kappa shape index (κ1) is 14.1. The first-order chi connectivity index (χ1) is 9.98. The molecule has 0 radical (unpaired) electrons. The zero-order chi connectivity index (χ0) is 15.0. The minimum Gasteiger partial charge on any atom is -0.305 e. The van der Waals surface area contributed by atoms with Gasteiger partial charge in [-0.25, -0.2) is 8.78 Å². The molecule has 2 aromatic carbocycles. The summed E-state index contributed by atoms with van der Waals surface area (Å²) >= 11 is 0. The van der Waals surface area contributed by atoms with Crippen LogP contribution in [0.4, 0.5) is 20.2 Å². The number of benzene rings is 2. The molecule has 0 aliphatic carbocycles. The summed E-state index contributed by atoms with van der Waals surface area (Å²) in [5, 5.41) is 0. The van der Waals surface area contributed by atoms with Crippen LogP contribution in [-0.4, -0.2) is 19.8 Å². The van der Waals surface area contributed by atoms with Gasteiger partial charge in [-0.2, -0.15) is 0 Å². The third-order valence-electron chi connectivity index (χ3n) is 3.67. The first-order valence-electron chi connectivity index (χ1n) is 6.63. The summed E-state index contributed by atoms with van der Waals surface area (Å²) in [6, 6.07) is 11.9. The maximum Gasteiger partial charge on any atom is 0.260 e. The van der Waals surface area contributed by atoms with Gasteiger partial charge in [0.05, 0.1) is 0 Å². The Morgan fingerprint density at radius 1 is 0.810 bits per heavy atom. The van der Waals surface area contributed by atoms with Gasteiger partial charge in [-0.15, -0.1) is 0 Å². The highest BCUT2D eigenvalue weighted by atomic mass is 31.2. The molecular formula is C15H15F2N2OP. The highest BCUT2D eigenvalue weighted by molar-refractivity contribution is 7.66. The van der Waals surface area contributed by atoms with Crippen LogP contribution >= 0.6 is 7.44 Å². The molecule has 0 aromatic heterocycles. The predicted molar refractivity (Wildman–Crippen MR) is 81.0 cm³/mol. The first-order valence-corrected chi connectivity index (χ1v) is 8.69. The van der Waals surface area contributed by atoms with E-state index in [1.54, 1.807) is 40.3 Å². The van der Waals surface area contributed by atoms with Crippen LogP contribution in [-0.2, 0) is 4.57 Å². The Bertz CT molecular complexity index is 630. The molecule has 110 valence electrons. The average molecular weight is 308 g/mol. The lowest BCUT2D eigenvalue weighted by molar-refractivity contribution is 0.578. The maximum atomic E-state index is 13.1. The van der Waals surface area contributed by atoms with Gasteiger partial charge in [0.2, 0.25) is 0 Å². The van der Waals surface area contributed by atoms with Gasteiger partial charge >= 0.3 is 0 Å². The summed E-state index contributed by atoms with van der Waals surface area (Å²) < 4.78 is 42.7. The number of hydrogen-bond acceptors (Lipinski definition) is 1. The minimum absolute atomic E-state index is 0.320. The summed E-state index contributed by atoms with van der Waals surface area (Å²) in [4.78, 5) is 0. The standard InChI is InChI=1S/C15H15F2N2OP/c1-21(20)18(14-6-2-12(16)3-7-14)10-11-19(21)15-8-4-13(17)5-9-15/h2-9H,10-11H2,1H3. The Morgan fingerprint density at radius 3 is 1.48 bits per heavy atom. The van der Waals surface area contributed by atoms with Crippen LogP contribution in [0.2, 0.25) is 0 Å². The number of rotatable bonds is 2. The van der Waals surface area contributed by atoms with E-state index in [0.717, 1.165) is 11.4 Å². The molecule has 0 saturated carbocycles. The molecule has 0 unspecified atom stereocenters. The lowest BCUT2D eigenvalue weighted by Crippen LogP contribution is -2.17. The largest absolute Gasteiger partial charge is 0.305 e. The van der Waals surface area contributed by atoms with Crippen LogP contribution in [0.3, 0.4) is 0 Å². The molecule has 1 heterocycles. The Kier molecular flexibility index (Phi) is 3.46. The Hall–Kier alpha value is -1.87. The summed E-state index contributed by atoms with van der Waals surface area (Å²) in [5.41, 5.74) is 1.46. The van der Waals surface area contributed by atoms with Crippen molar-refractivity contribution >= 4 is 18.8 Å². The molecule has 6 heteroatoms. The van der Waals surface area contributed by atoms with E-state index in [4.69, 9.17) is 0 Å². The molecule has 0 N–H and O–H groups in total. The van der Waals surface area contributed by atoms with Crippen LogP contribution in [0.25, 0.3) is 0 Å². The van der Waals surface area contributed by atoms with Gasteiger partial charge in [0, 0.05) is 31.1 Å². The van der Waals surface area contributed by atoms with Gasteiger partial charge in [0.25, 0.3) is 7.44 Å². The second kappa shape index (κ2) is 5.15. The van der Waals surface area contributed by atoms with Crippen molar-refractivity contribution in [3.05, 3.63) is 60.2 Å². The zero-order valence-electron chi connectivity index (χ0n) is 11.5. The van der Waals surface area contributed by atoms with Crippen LogP contribution in [0.1, 0.15) is 0 Å². The Balaban J connectivity index is 1.92. The smallest absolute Gasteiger partial charge is 0.260 e. The lowest BCUT2D eigenvalue weighted by atomic mass is 10.3. The SMILES string of the molecule is CP1(=O)N(c2ccc(F)cc2)CCN1c1ccc(F)cc1. The van der Waals surface area contributed by atoms with Crippen molar-refractivity contribution in [3.63, 3.8) is 0 Å². The molecule has 0 atom stereocenters. The molecule has 0 amide bonds. The monoisotopic (exact) mass is 308 g/mol. The van der Waals surface area contributed by atoms with E-state index in [1.165, 1.54) is 24.3 Å². The fourth-order valence-electron chi connectivity index (χ4n) is 2.60. The Labute approximate surface area is 122 Å². The molecule has 21 heavy (non-hydrogen) atoms. The summed E-state index contributed by atoms with van der Waals surface area (Å²) in [5.74, 6) is -0.640. The molecule has 1 aliphatic heterocycles. The topological polar surface area (TPSA) is 23.6 Å². The van der Waals surface area contributed by atoms with Gasteiger partial charge < -0.3 is 9.34 Å². The third-order valence-corrected chi connectivity index (χ3v) is 6.32. The van der Waals surface area contributed by atoms with E-state index in [1.807, 2.05) is 0 Å². The molecule has 3 nitrogen and oxygen atoms in total. The van der Waals surface area contributed by atoms with Crippen molar-refractivity contribution in [2.75, 3.05) is 29.1 Å². The van der Waals surface area contributed by atoms with Gasteiger partial charge in [-0.3, -0.25) is 4.57 Å². The molecule has 0 spiro atoms. The van der Waals surface area contributed by atoms with Crippen molar-refractivity contribution in [1.29, 1.82) is 0 Å². The summed E-state index contributed by atoms with van der Waals surface area (Å²) in [6.45, 7) is 2.83. The number of anilines is 2. The number of halogens is 2. The minimum atomic E-state index is -2.82. The predicted octanol–water partition coefficient (Wildman–Crippen LogP) is 4.11. The van der Waals surface area contributed by atoms with Crippen molar-refractivity contribution in [2.45, 2.75) is 0 Å². The Morgan fingerprint density at radius 2 is 1.14 bits per heavy atom. The molecule has 1 fully saturated rings. The van der Waals surface area contributed by atoms with Gasteiger partial charge in [-0.05, 0) is 48.5 Å². The quantitative estimate of drug-likeness (QED) is 0.780. The van der Waals surface area contributed by atoms with Gasteiger partial charge in [0.15, 0.2) is 0 Å². The van der Waals surface area contributed by atoms with Crippen LogP contribution in [0, 0.1) is 11.6 Å². The van der Waals surface area contributed by atoms with E-state index in [-0.39, 0.29) is 11.6 Å². The highest BCUT2D eigenvalue weighted by Crippen LogP contribution is 2.57. The molecule has 2 aromatic rings. The number of nitrogens with zero attached hydrogens (tertiary/aromatic N) is 2. The molecule has 1 saturated heterocycles. The van der Waals surface area contributed by atoms with E-state index in [2.05, 4.69) is 0 Å². The fraction of sp³-hybridized carbons (Fsp3) is 0.200. The van der Waals surface area contributed by atoms with Gasteiger partial charge in [-0.1, -0.05) is 0 Å².